The molecule has 0 aromatic carbocycles. The summed E-state index contributed by atoms with van der Waals surface area (Å²) in [5.41, 5.74) is -0.147. The maximum atomic E-state index is 11.7. The van der Waals surface area contributed by atoms with Gasteiger partial charge in [-0.2, -0.15) is 0 Å². The molecular weight excluding hydrogens is 219 g/mol. The van der Waals surface area contributed by atoms with Crippen LogP contribution in [-0.2, 0) is 20.5 Å². The topological polar surface area (TPSA) is 71.0 Å². The van der Waals surface area contributed by atoms with Crippen LogP contribution in [0.1, 0.15) is 12.7 Å². The number of fused-ring (bicyclic) bond motifs is 1. The van der Waals surface area contributed by atoms with Crippen LogP contribution in [-0.4, -0.2) is 14.1 Å². The van der Waals surface area contributed by atoms with Crippen molar-refractivity contribution in [3.05, 3.63) is 26.7 Å². The number of hydrogen-bond donors (Lipinski definition) is 0. The molecule has 0 aliphatic rings. The molecule has 2 rings (SSSR count). The average molecular weight is 230 g/mol. The largest absolute Gasteiger partial charge is 1.00 e. The predicted octanol–water partition coefficient (Wildman–Crippen LogP) is -3.84. The molecule has 2 aromatic rings. The van der Waals surface area contributed by atoms with Gasteiger partial charge < -0.3 is 9.97 Å². The van der Waals surface area contributed by atoms with E-state index in [1.165, 1.54) is 11.6 Å². The summed E-state index contributed by atoms with van der Waals surface area (Å²) in [6.07, 6.45) is 0.645. The van der Waals surface area contributed by atoms with Crippen LogP contribution in [0.5, 0.6) is 0 Å². The quantitative estimate of drug-likeness (QED) is 0.470. The Morgan fingerprint density at radius 3 is 2.44 bits per heavy atom. The van der Waals surface area contributed by atoms with Gasteiger partial charge in [0.1, 0.15) is 0 Å². The Hall–Kier alpha value is -0.850. The molecule has 2 aromatic heterocycles. The first-order valence-electron chi connectivity index (χ1n) is 4.65. The van der Waals surface area contributed by atoms with Crippen molar-refractivity contribution in [2.75, 3.05) is 0 Å². The van der Waals surface area contributed by atoms with Gasteiger partial charge in [0, 0.05) is 25.3 Å². The molecule has 16 heavy (non-hydrogen) atoms. The molecule has 0 N–H and O–H groups in total. The molecule has 0 radical (unpaired) electrons. The van der Waals surface area contributed by atoms with Crippen LogP contribution in [0, 0.1) is 0 Å². The van der Waals surface area contributed by atoms with Crippen molar-refractivity contribution in [3.63, 3.8) is 0 Å². The summed E-state index contributed by atoms with van der Waals surface area (Å²) in [4.78, 5) is 31.5. The normalized spacial score (nSPS) is 10.4. The fourth-order valence-electron chi connectivity index (χ4n) is 1.48. The van der Waals surface area contributed by atoms with E-state index in [0.29, 0.717) is 17.9 Å². The SMILES string of the molecule is CCc1nc2c([n-]1)c(=O)n(C)c(=O)n2C.[Na+]. The molecule has 0 bridgehead atoms. The van der Waals surface area contributed by atoms with Crippen molar-refractivity contribution < 1.29 is 29.6 Å². The Morgan fingerprint density at radius 1 is 1.25 bits per heavy atom. The average Bonchev–Trinajstić information content (AvgIpc) is 2.67. The summed E-state index contributed by atoms with van der Waals surface area (Å²) in [5.74, 6) is 0.586. The summed E-state index contributed by atoms with van der Waals surface area (Å²) in [6.45, 7) is 1.90. The zero-order chi connectivity index (χ0) is 11.2. The molecule has 0 saturated heterocycles. The van der Waals surface area contributed by atoms with E-state index in [1.807, 2.05) is 6.92 Å². The van der Waals surface area contributed by atoms with E-state index >= 15 is 0 Å². The molecule has 0 spiro atoms. The molecule has 0 fully saturated rings. The number of nitrogens with zero attached hydrogens (tertiary/aromatic N) is 4. The van der Waals surface area contributed by atoms with E-state index in [0.717, 1.165) is 4.57 Å². The maximum absolute atomic E-state index is 11.7. The predicted molar refractivity (Wildman–Crippen MR) is 54.9 cm³/mol. The van der Waals surface area contributed by atoms with E-state index < -0.39 is 0 Å². The van der Waals surface area contributed by atoms with Crippen molar-refractivity contribution in [3.8, 4) is 0 Å². The third-order valence-corrected chi connectivity index (χ3v) is 2.40. The molecule has 2 heterocycles. The second-order valence-corrected chi connectivity index (χ2v) is 3.37. The second kappa shape index (κ2) is 4.57. The van der Waals surface area contributed by atoms with E-state index in [1.54, 1.807) is 7.05 Å². The molecule has 0 aliphatic heterocycles. The van der Waals surface area contributed by atoms with Crippen LogP contribution in [0.25, 0.3) is 11.2 Å². The smallest absolute Gasteiger partial charge is 0.434 e. The van der Waals surface area contributed by atoms with E-state index in [4.69, 9.17) is 0 Å². The minimum absolute atomic E-state index is 0. The summed E-state index contributed by atoms with van der Waals surface area (Å²) in [5, 5.41) is 0. The van der Waals surface area contributed by atoms with Crippen LogP contribution in [0.4, 0.5) is 0 Å². The summed E-state index contributed by atoms with van der Waals surface area (Å²) >= 11 is 0. The molecule has 0 saturated carbocycles. The van der Waals surface area contributed by atoms with Gasteiger partial charge in [0.25, 0.3) is 5.56 Å². The first-order valence-corrected chi connectivity index (χ1v) is 4.65. The Balaban J connectivity index is 0.00000128. The molecule has 0 aliphatic carbocycles. The Labute approximate surface area is 114 Å². The van der Waals surface area contributed by atoms with Gasteiger partial charge in [-0.25, -0.2) is 4.79 Å². The summed E-state index contributed by atoms with van der Waals surface area (Å²) in [6, 6.07) is 0. The van der Waals surface area contributed by atoms with Crippen molar-refractivity contribution in [2.24, 2.45) is 14.1 Å². The first kappa shape index (κ1) is 13.2. The van der Waals surface area contributed by atoms with E-state index in [2.05, 4.69) is 9.97 Å². The van der Waals surface area contributed by atoms with Crippen LogP contribution in [0.15, 0.2) is 9.59 Å². The standard InChI is InChI=1S/C9H12N4O2.Na/c1-4-5-10-6-7(11-5)12(2)9(15)13(3)8(6)14;/h4H2,1-3H3,(H,10,11,14);/q;+1/p-1. The minimum atomic E-state index is -0.389. The van der Waals surface area contributed by atoms with Gasteiger partial charge in [0.05, 0.1) is 0 Å². The monoisotopic (exact) mass is 230 g/mol. The van der Waals surface area contributed by atoms with Crippen molar-refractivity contribution in [1.29, 1.82) is 0 Å². The molecule has 0 unspecified atom stereocenters. The molecule has 0 atom stereocenters. The first-order chi connectivity index (χ1) is 7.06. The van der Waals surface area contributed by atoms with Crippen LogP contribution < -0.4 is 45.8 Å². The number of imidazole rings is 1. The zero-order valence-electron chi connectivity index (χ0n) is 9.81. The third kappa shape index (κ3) is 1.77. The maximum Gasteiger partial charge on any atom is 1.00 e. The Morgan fingerprint density at radius 2 is 1.88 bits per heavy atom. The fraction of sp³-hybridized carbons (Fsp3) is 0.444. The van der Waals surface area contributed by atoms with E-state index in [9.17, 15) is 9.59 Å². The van der Waals surface area contributed by atoms with Crippen molar-refractivity contribution in [2.45, 2.75) is 13.3 Å². The van der Waals surface area contributed by atoms with Gasteiger partial charge in [-0.15, -0.1) is 0 Å². The number of aromatic nitrogens is 4. The molecule has 7 heteroatoms. The number of hydrogen-bond acceptors (Lipinski definition) is 3. The number of aryl methyl sites for hydroxylation is 2. The van der Waals surface area contributed by atoms with Crippen molar-refractivity contribution in [1.82, 2.24) is 19.1 Å². The van der Waals surface area contributed by atoms with Gasteiger partial charge in [-0.3, -0.25) is 13.9 Å². The van der Waals surface area contributed by atoms with Gasteiger partial charge in [-0.05, 0) is 6.42 Å². The van der Waals surface area contributed by atoms with Crippen LogP contribution >= 0.6 is 0 Å². The summed E-state index contributed by atoms with van der Waals surface area (Å²) < 4.78 is 2.37. The minimum Gasteiger partial charge on any atom is -0.434 e. The molecule has 6 nitrogen and oxygen atoms in total. The van der Waals surface area contributed by atoms with E-state index in [-0.39, 0.29) is 46.3 Å². The van der Waals surface area contributed by atoms with Gasteiger partial charge >= 0.3 is 35.2 Å². The van der Waals surface area contributed by atoms with Gasteiger partial charge in [0.15, 0.2) is 0 Å². The Kier molecular flexibility index (Phi) is 3.77. The van der Waals surface area contributed by atoms with Gasteiger partial charge in [-0.1, -0.05) is 12.7 Å². The second-order valence-electron chi connectivity index (χ2n) is 3.37. The summed E-state index contributed by atoms with van der Waals surface area (Å²) in [7, 11) is 3.02. The number of rotatable bonds is 1. The van der Waals surface area contributed by atoms with Crippen LogP contribution in [0.2, 0.25) is 0 Å². The molecule has 0 amide bonds. The zero-order valence-corrected chi connectivity index (χ0v) is 11.8. The van der Waals surface area contributed by atoms with Crippen LogP contribution in [0.3, 0.4) is 0 Å². The molecular formula is C9H11N4NaO2. The third-order valence-electron chi connectivity index (χ3n) is 2.40. The fourth-order valence-corrected chi connectivity index (χ4v) is 1.48. The Bertz CT molecular complexity index is 637. The van der Waals surface area contributed by atoms with Crippen molar-refractivity contribution >= 4 is 11.2 Å². The molecule has 80 valence electrons. The van der Waals surface area contributed by atoms with Gasteiger partial charge in [0.2, 0.25) is 0 Å².